The molecule has 0 saturated carbocycles. The molecule has 0 aliphatic rings. The highest BCUT2D eigenvalue weighted by Gasteiger charge is 2.20. The molecule has 2 amide bonds. The summed E-state index contributed by atoms with van der Waals surface area (Å²) in [4.78, 5) is 27.5. The van der Waals surface area contributed by atoms with Crippen molar-refractivity contribution < 1.29 is 14.5 Å². The second-order valence-electron chi connectivity index (χ2n) is 6.58. The third-order valence-electron chi connectivity index (χ3n) is 4.48. The van der Waals surface area contributed by atoms with Crippen molar-refractivity contribution in [2.45, 2.75) is 20.8 Å². The Morgan fingerprint density at radius 1 is 1.00 bits per heavy atom. The Morgan fingerprint density at radius 2 is 1.69 bits per heavy atom. The lowest BCUT2D eigenvalue weighted by Crippen LogP contribution is -3.11. The summed E-state index contributed by atoms with van der Waals surface area (Å²) in [5.41, 5.74) is 3.91. The van der Waals surface area contributed by atoms with Gasteiger partial charge in [-0.05, 0) is 50.1 Å². The van der Waals surface area contributed by atoms with E-state index in [1.54, 1.807) is 4.90 Å². The molecular weight excluding hydrogens is 326 g/mol. The highest BCUT2D eigenvalue weighted by atomic mass is 16.2. The number of aryl methyl sites for hydroxylation is 1. The molecule has 5 heteroatoms. The Balaban J connectivity index is 1.92. The van der Waals surface area contributed by atoms with Gasteiger partial charge in [-0.2, -0.15) is 0 Å². The van der Waals surface area contributed by atoms with Gasteiger partial charge in [0.05, 0.1) is 7.05 Å². The molecule has 0 aliphatic heterocycles. The van der Waals surface area contributed by atoms with Crippen LogP contribution in [0.4, 0.5) is 11.4 Å². The largest absolute Gasteiger partial charge is 0.322 e. The van der Waals surface area contributed by atoms with Crippen molar-refractivity contribution in [3.63, 3.8) is 0 Å². The Hall–Kier alpha value is -2.66. The topological polar surface area (TPSA) is 53.9 Å². The number of hydrogen-bond donors (Lipinski definition) is 2. The number of anilines is 2. The van der Waals surface area contributed by atoms with Crippen molar-refractivity contribution in [3.05, 3.63) is 59.7 Å². The second kappa shape index (κ2) is 9.15. The molecule has 0 radical (unpaired) electrons. The van der Waals surface area contributed by atoms with Crippen molar-refractivity contribution in [2.24, 2.45) is 0 Å². The van der Waals surface area contributed by atoms with Crippen LogP contribution in [0.1, 0.15) is 18.1 Å². The molecule has 2 aromatic carbocycles. The predicted molar refractivity (Wildman–Crippen MR) is 106 cm³/mol. The number of nitrogens with zero attached hydrogens (tertiary/aromatic N) is 1. The molecule has 0 spiro atoms. The Morgan fingerprint density at radius 3 is 2.35 bits per heavy atom. The fourth-order valence-electron chi connectivity index (χ4n) is 2.88. The number of rotatable bonds is 7. The van der Waals surface area contributed by atoms with Crippen LogP contribution < -0.4 is 15.1 Å². The minimum atomic E-state index is -0.0910. The van der Waals surface area contributed by atoms with E-state index in [4.69, 9.17) is 0 Å². The minimum Gasteiger partial charge on any atom is -0.322 e. The molecule has 0 saturated heterocycles. The van der Waals surface area contributed by atoms with Gasteiger partial charge in [0.25, 0.3) is 11.8 Å². The van der Waals surface area contributed by atoms with Gasteiger partial charge in [0.2, 0.25) is 0 Å². The van der Waals surface area contributed by atoms with Crippen molar-refractivity contribution in [3.8, 4) is 0 Å². The molecule has 1 atom stereocenters. The van der Waals surface area contributed by atoms with E-state index in [-0.39, 0.29) is 24.9 Å². The average Bonchev–Trinajstić information content (AvgIpc) is 2.60. The second-order valence-corrected chi connectivity index (χ2v) is 6.58. The fourth-order valence-corrected chi connectivity index (χ4v) is 2.88. The lowest BCUT2D eigenvalue weighted by atomic mass is 10.1. The van der Waals surface area contributed by atoms with Crippen molar-refractivity contribution in [2.75, 3.05) is 36.9 Å². The number of nitrogens with one attached hydrogen (secondary N) is 2. The molecular formula is C21H28N3O2+. The van der Waals surface area contributed by atoms with Gasteiger partial charge in [-0.1, -0.05) is 30.3 Å². The summed E-state index contributed by atoms with van der Waals surface area (Å²) in [6, 6.07) is 15.4. The van der Waals surface area contributed by atoms with Crippen LogP contribution in [0.15, 0.2) is 48.5 Å². The first kappa shape index (κ1) is 19.7. The summed E-state index contributed by atoms with van der Waals surface area (Å²) < 4.78 is 0. The number of likely N-dealkylation sites (N-methyl/N-ethyl adjacent to an activating group) is 2. The molecule has 138 valence electrons. The number of carbonyl (C=O) groups is 2. The van der Waals surface area contributed by atoms with Gasteiger partial charge in [-0.3, -0.25) is 9.59 Å². The van der Waals surface area contributed by atoms with Crippen LogP contribution in [0, 0.1) is 13.8 Å². The van der Waals surface area contributed by atoms with Crippen LogP contribution in [0.2, 0.25) is 0 Å². The van der Waals surface area contributed by atoms with Crippen molar-refractivity contribution in [1.29, 1.82) is 0 Å². The standard InChI is InChI=1S/C21H27N3O2/c1-5-24(18-11-7-6-8-12-18)21(26)15-23(4)14-20(25)22-19-13-9-10-16(2)17(19)3/h6-13H,5,14-15H2,1-4H3,(H,22,25)/p+1. The van der Waals surface area contributed by atoms with E-state index in [2.05, 4.69) is 5.32 Å². The number of amides is 2. The number of para-hydroxylation sites is 1. The van der Waals surface area contributed by atoms with Crippen LogP contribution in [0.25, 0.3) is 0 Å². The third kappa shape index (κ3) is 5.17. The molecule has 1 unspecified atom stereocenters. The van der Waals surface area contributed by atoms with E-state index in [0.29, 0.717) is 6.54 Å². The maximum absolute atomic E-state index is 12.6. The maximum atomic E-state index is 12.6. The number of hydrogen-bond acceptors (Lipinski definition) is 2. The normalized spacial score (nSPS) is 11.7. The molecule has 0 heterocycles. The van der Waals surface area contributed by atoms with E-state index in [9.17, 15) is 9.59 Å². The number of quaternary nitrogens is 1. The van der Waals surface area contributed by atoms with E-state index in [1.165, 1.54) is 0 Å². The molecule has 0 aliphatic carbocycles. The van der Waals surface area contributed by atoms with Crippen LogP contribution in [-0.2, 0) is 9.59 Å². The first-order valence-electron chi connectivity index (χ1n) is 8.95. The van der Waals surface area contributed by atoms with Gasteiger partial charge in [-0.15, -0.1) is 0 Å². The monoisotopic (exact) mass is 354 g/mol. The SMILES string of the molecule is CCN(C(=O)C[NH+](C)CC(=O)Nc1cccc(C)c1C)c1ccccc1. The maximum Gasteiger partial charge on any atom is 0.282 e. The molecule has 26 heavy (non-hydrogen) atoms. The van der Waals surface area contributed by atoms with Gasteiger partial charge in [0.1, 0.15) is 0 Å². The highest BCUT2D eigenvalue weighted by molar-refractivity contribution is 5.95. The van der Waals surface area contributed by atoms with E-state index in [0.717, 1.165) is 27.4 Å². The molecule has 2 N–H and O–H groups in total. The highest BCUT2D eigenvalue weighted by Crippen LogP contribution is 2.17. The summed E-state index contributed by atoms with van der Waals surface area (Å²) in [6.45, 7) is 7.07. The Kier molecular flexibility index (Phi) is 6.92. The van der Waals surface area contributed by atoms with Crippen LogP contribution in [0.5, 0.6) is 0 Å². The predicted octanol–water partition coefficient (Wildman–Crippen LogP) is 1.81. The first-order valence-corrected chi connectivity index (χ1v) is 8.95. The van der Waals surface area contributed by atoms with Crippen LogP contribution >= 0.6 is 0 Å². The smallest absolute Gasteiger partial charge is 0.282 e. The minimum absolute atomic E-state index is 0.00994. The Labute approximate surface area is 155 Å². The van der Waals surface area contributed by atoms with E-state index < -0.39 is 0 Å². The van der Waals surface area contributed by atoms with Crippen molar-refractivity contribution >= 4 is 23.2 Å². The van der Waals surface area contributed by atoms with Crippen LogP contribution in [0.3, 0.4) is 0 Å². The average molecular weight is 354 g/mol. The van der Waals surface area contributed by atoms with Gasteiger partial charge in [0, 0.05) is 17.9 Å². The lowest BCUT2D eigenvalue weighted by Gasteiger charge is -2.22. The number of benzene rings is 2. The van der Waals surface area contributed by atoms with Gasteiger partial charge < -0.3 is 15.1 Å². The van der Waals surface area contributed by atoms with Gasteiger partial charge >= 0.3 is 0 Å². The first-order chi connectivity index (χ1) is 12.4. The summed E-state index contributed by atoms with van der Waals surface area (Å²) in [5, 5.41) is 2.95. The summed E-state index contributed by atoms with van der Waals surface area (Å²) in [7, 11) is 1.86. The quantitative estimate of drug-likeness (QED) is 0.797. The summed E-state index contributed by atoms with van der Waals surface area (Å²) in [6.07, 6.45) is 0. The molecule has 0 fully saturated rings. The van der Waals surface area contributed by atoms with Gasteiger partial charge in [-0.25, -0.2) is 0 Å². The van der Waals surface area contributed by atoms with E-state index in [1.807, 2.05) is 76.3 Å². The lowest BCUT2D eigenvalue weighted by molar-refractivity contribution is -0.862. The van der Waals surface area contributed by atoms with Crippen molar-refractivity contribution in [1.82, 2.24) is 0 Å². The fraction of sp³-hybridized carbons (Fsp3) is 0.333. The third-order valence-corrected chi connectivity index (χ3v) is 4.48. The van der Waals surface area contributed by atoms with Crippen LogP contribution in [-0.4, -0.2) is 38.5 Å². The van der Waals surface area contributed by atoms with E-state index >= 15 is 0 Å². The zero-order valence-electron chi connectivity index (χ0n) is 16.0. The summed E-state index contributed by atoms with van der Waals surface area (Å²) in [5.74, 6) is -0.0810. The molecule has 0 aromatic heterocycles. The zero-order chi connectivity index (χ0) is 19.1. The van der Waals surface area contributed by atoms with Gasteiger partial charge in [0.15, 0.2) is 13.1 Å². The zero-order valence-corrected chi connectivity index (χ0v) is 16.0. The Bertz CT molecular complexity index is 759. The molecule has 2 aromatic rings. The molecule has 0 bridgehead atoms. The summed E-state index contributed by atoms with van der Waals surface area (Å²) >= 11 is 0. The molecule has 2 rings (SSSR count). The molecule has 5 nitrogen and oxygen atoms in total. The number of carbonyl (C=O) groups excluding carboxylic acids is 2.